The zero-order chi connectivity index (χ0) is 23.2. The van der Waals surface area contributed by atoms with Crippen molar-refractivity contribution in [3.05, 3.63) is 78.1 Å². The number of hydrogen-bond acceptors (Lipinski definition) is 6. The zero-order valence-electron chi connectivity index (χ0n) is 17.6. The third-order valence-corrected chi connectivity index (χ3v) is 6.45. The standard InChI is InChI=1S/C24H20FN3O3S2/c1-2-31-18-9-12-20-21(13-18)33-24(27-20)28-22(29)14-32-19-10-7-17(8-11-19)26-23(30)15-3-5-16(25)6-4-15/h3-13H,2,14H2,1H3,(H,26,30)(H,27,28,29). The molecular formula is C24H20FN3O3S2. The highest BCUT2D eigenvalue weighted by Gasteiger charge is 2.10. The molecule has 0 aliphatic heterocycles. The number of benzene rings is 3. The molecular weight excluding hydrogens is 461 g/mol. The van der Waals surface area contributed by atoms with Crippen LogP contribution in [0, 0.1) is 5.82 Å². The number of ether oxygens (including phenoxy) is 1. The average Bonchev–Trinajstić information content (AvgIpc) is 3.20. The summed E-state index contributed by atoms with van der Waals surface area (Å²) in [5.74, 6) is 0.133. The molecule has 0 fully saturated rings. The number of anilines is 2. The summed E-state index contributed by atoms with van der Waals surface area (Å²) < 4.78 is 19.4. The van der Waals surface area contributed by atoms with Gasteiger partial charge in [-0.15, -0.1) is 11.8 Å². The van der Waals surface area contributed by atoms with Gasteiger partial charge in [-0.1, -0.05) is 11.3 Å². The van der Waals surface area contributed by atoms with Crippen LogP contribution in [-0.4, -0.2) is 29.2 Å². The Morgan fingerprint density at radius 2 is 1.79 bits per heavy atom. The second kappa shape index (κ2) is 10.5. The number of hydrogen-bond donors (Lipinski definition) is 2. The first-order chi connectivity index (χ1) is 16.0. The fourth-order valence-corrected chi connectivity index (χ4v) is 4.57. The van der Waals surface area contributed by atoms with Crippen LogP contribution >= 0.6 is 23.1 Å². The molecule has 9 heteroatoms. The number of nitrogens with one attached hydrogen (secondary N) is 2. The first kappa shape index (κ1) is 22.8. The van der Waals surface area contributed by atoms with Crippen molar-refractivity contribution in [2.45, 2.75) is 11.8 Å². The van der Waals surface area contributed by atoms with E-state index < -0.39 is 5.82 Å². The van der Waals surface area contributed by atoms with Crippen molar-refractivity contribution in [2.24, 2.45) is 0 Å². The Hall–Kier alpha value is -3.43. The highest BCUT2D eigenvalue weighted by molar-refractivity contribution is 8.00. The smallest absolute Gasteiger partial charge is 0.255 e. The molecule has 0 saturated heterocycles. The summed E-state index contributed by atoms with van der Waals surface area (Å²) in [5, 5.41) is 6.14. The number of carbonyl (C=O) groups is 2. The Kier molecular flexibility index (Phi) is 7.21. The fraction of sp³-hybridized carbons (Fsp3) is 0.125. The van der Waals surface area contributed by atoms with Gasteiger partial charge in [0.05, 0.1) is 22.6 Å². The molecule has 0 atom stereocenters. The highest BCUT2D eigenvalue weighted by Crippen LogP contribution is 2.29. The quantitative estimate of drug-likeness (QED) is 0.310. The number of halogens is 1. The molecule has 0 aliphatic rings. The van der Waals surface area contributed by atoms with Crippen LogP contribution in [0.5, 0.6) is 5.75 Å². The Morgan fingerprint density at radius 1 is 1.03 bits per heavy atom. The number of aromatic nitrogens is 1. The SMILES string of the molecule is CCOc1ccc2nc(NC(=O)CSc3ccc(NC(=O)c4ccc(F)cc4)cc3)sc2c1. The maximum Gasteiger partial charge on any atom is 0.255 e. The number of amides is 2. The number of thioether (sulfide) groups is 1. The molecule has 0 radical (unpaired) electrons. The maximum absolute atomic E-state index is 13.0. The van der Waals surface area contributed by atoms with Crippen LogP contribution in [0.1, 0.15) is 17.3 Å². The number of nitrogens with zero attached hydrogens (tertiary/aromatic N) is 1. The summed E-state index contributed by atoms with van der Waals surface area (Å²) >= 11 is 2.78. The molecule has 4 rings (SSSR count). The molecule has 1 aromatic heterocycles. The van der Waals surface area contributed by atoms with E-state index in [2.05, 4.69) is 15.6 Å². The largest absolute Gasteiger partial charge is 0.494 e. The Labute approximate surface area is 198 Å². The second-order valence-corrected chi connectivity index (χ2v) is 8.98. The van der Waals surface area contributed by atoms with E-state index in [-0.39, 0.29) is 17.6 Å². The van der Waals surface area contributed by atoms with E-state index in [1.165, 1.54) is 47.4 Å². The monoisotopic (exact) mass is 481 g/mol. The van der Waals surface area contributed by atoms with Crippen molar-refractivity contribution in [3.8, 4) is 5.75 Å². The van der Waals surface area contributed by atoms with Crippen LogP contribution in [0.4, 0.5) is 15.2 Å². The average molecular weight is 482 g/mol. The Bertz CT molecular complexity index is 1270. The lowest BCUT2D eigenvalue weighted by molar-refractivity contribution is -0.113. The van der Waals surface area contributed by atoms with Crippen molar-refractivity contribution in [1.82, 2.24) is 4.98 Å². The van der Waals surface area contributed by atoms with Gasteiger partial charge in [0.1, 0.15) is 11.6 Å². The van der Waals surface area contributed by atoms with E-state index in [9.17, 15) is 14.0 Å². The number of fused-ring (bicyclic) bond motifs is 1. The normalized spacial score (nSPS) is 10.7. The van der Waals surface area contributed by atoms with Gasteiger partial charge in [0.15, 0.2) is 5.13 Å². The Morgan fingerprint density at radius 3 is 2.52 bits per heavy atom. The van der Waals surface area contributed by atoms with Crippen LogP contribution in [-0.2, 0) is 4.79 Å². The predicted molar refractivity (Wildman–Crippen MR) is 131 cm³/mol. The van der Waals surface area contributed by atoms with E-state index in [0.717, 1.165) is 20.9 Å². The second-order valence-electron chi connectivity index (χ2n) is 6.90. The first-order valence-electron chi connectivity index (χ1n) is 10.1. The third kappa shape index (κ3) is 6.09. The Balaban J connectivity index is 1.29. The van der Waals surface area contributed by atoms with Crippen LogP contribution in [0.15, 0.2) is 71.6 Å². The fourth-order valence-electron chi connectivity index (χ4n) is 2.96. The topological polar surface area (TPSA) is 80.3 Å². The van der Waals surface area contributed by atoms with Gasteiger partial charge in [-0.2, -0.15) is 0 Å². The van der Waals surface area contributed by atoms with Gasteiger partial charge in [-0.05, 0) is 73.7 Å². The highest BCUT2D eigenvalue weighted by atomic mass is 32.2. The molecule has 0 aliphatic carbocycles. The zero-order valence-corrected chi connectivity index (χ0v) is 19.3. The van der Waals surface area contributed by atoms with Gasteiger partial charge in [-0.3, -0.25) is 9.59 Å². The molecule has 33 heavy (non-hydrogen) atoms. The minimum Gasteiger partial charge on any atom is -0.494 e. The predicted octanol–water partition coefficient (Wildman–Crippen LogP) is 5.82. The van der Waals surface area contributed by atoms with E-state index in [1.807, 2.05) is 37.3 Å². The molecule has 3 aromatic carbocycles. The number of rotatable bonds is 8. The summed E-state index contributed by atoms with van der Waals surface area (Å²) in [7, 11) is 0. The lowest BCUT2D eigenvalue weighted by atomic mass is 10.2. The third-order valence-electron chi connectivity index (χ3n) is 4.51. The summed E-state index contributed by atoms with van der Waals surface area (Å²) in [6, 6.07) is 18.1. The summed E-state index contributed by atoms with van der Waals surface area (Å²) in [6.07, 6.45) is 0. The molecule has 1 heterocycles. The maximum atomic E-state index is 13.0. The summed E-state index contributed by atoms with van der Waals surface area (Å²) in [5.41, 5.74) is 1.79. The molecule has 0 unspecified atom stereocenters. The van der Waals surface area contributed by atoms with Gasteiger partial charge in [-0.25, -0.2) is 9.37 Å². The van der Waals surface area contributed by atoms with E-state index in [1.54, 1.807) is 12.1 Å². The van der Waals surface area contributed by atoms with Gasteiger partial charge < -0.3 is 15.4 Å². The van der Waals surface area contributed by atoms with Crippen molar-refractivity contribution >= 4 is 55.9 Å². The van der Waals surface area contributed by atoms with Gasteiger partial charge in [0.25, 0.3) is 5.91 Å². The molecule has 168 valence electrons. The summed E-state index contributed by atoms with van der Waals surface area (Å²) in [6.45, 7) is 2.52. The van der Waals surface area contributed by atoms with Gasteiger partial charge in [0.2, 0.25) is 5.91 Å². The van der Waals surface area contributed by atoms with Crippen LogP contribution in [0.2, 0.25) is 0 Å². The van der Waals surface area contributed by atoms with Gasteiger partial charge in [0, 0.05) is 16.1 Å². The number of thiazole rings is 1. The molecule has 2 N–H and O–H groups in total. The van der Waals surface area contributed by atoms with Crippen molar-refractivity contribution < 1.29 is 18.7 Å². The lowest BCUT2D eigenvalue weighted by Gasteiger charge is -2.07. The van der Waals surface area contributed by atoms with Gasteiger partial charge >= 0.3 is 0 Å². The molecule has 6 nitrogen and oxygen atoms in total. The summed E-state index contributed by atoms with van der Waals surface area (Å²) in [4.78, 5) is 29.9. The minimum atomic E-state index is -0.393. The molecule has 0 spiro atoms. The molecule has 0 saturated carbocycles. The molecule has 0 bridgehead atoms. The molecule has 2 amide bonds. The van der Waals surface area contributed by atoms with Crippen LogP contribution in [0.3, 0.4) is 0 Å². The van der Waals surface area contributed by atoms with E-state index in [4.69, 9.17) is 4.74 Å². The van der Waals surface area contributed by atoms with Crippen LogP contribution in [0.25, 0.3) is 10.2 Å². The van der Waals surface area contributed by atoms with Crippen molar-refractivity contribution in [1.29, 1.82) is 0 Å². The van der Waals surface area contributed by atoms with E-state index in [0.29, 0.717) is 23.0 Å². The first-order valence-corrected chi connectivity index (χ1v) is 11.9. The van der Waals surface area contributed by atoms with Crippen LogP contribution < -0.4 is 15.4 Å². The van der Waals surface area contributed by atoms with E-state index >= 15 is 0 Å². The molecule has 4 aromatic rings. The lowest BCUT2D eigenvalue weighted by Crippen LogP contribution is -2.13. The number of carbonyl (C=O) groups excluding carboxylic acids is 2. The minimum absolute atomic E-state index is 0.155. The van der Waals surface area contributed by atoms with Crippen molar-refractivity contribution in [2.75, 3.05) is 23.0 Å². The van der Waals surface area contributed by atoms with Crippen molar-refractivity contribution in [3.63, 3.8) is 0 Å².